The molecule has 1 N–H and O–H groups in total. The minimum Gasteiger partial charge on any atom is -0.352 e. The van der Waals surface area contributed by atoms with Crippen LogP contribution < -0.4 is 10.2 Å². The van der Waals surface area contributed by atoms with Crippen molar-refractivity contribution in [3.63, 3.8) is 0 Å². The van der Waals surface area contributed by atoms with Gasteiger partial charge in [-0.3, -0.25) is 0 Å². The quantitative estimate of drug-likeness (QED) is 0.915. The molecule has 0 spiro atoms. The highest BCUT2D eigenvalue weighted by molar-refractivity contribution is 5.50. The fraction of sp³-hybridized carbons (Fsp3) is 0.750. The van der Waals surface area contributed by atoms with Crippen LogP contribution in [0.5, 0.6) is 0 Å². The minimum absolute atomic E-state index is 0.602. The molecule has 4 nitrogen and oxygen atoms in total. The summed E-state index contributed by atoms with van der Waals surface area (Å²) in [5, 5.41) is 3.51. The second-order valence-corrected chi connectivity index (χ2v) is 5.98. The first-order valence-corrected chi connectivity index (χ1v) is 8.20. The molecule has 0 saturated carbocycles. The average Bonchev–Trinajstić information content (AvgIpc) is 2.53. The Labute approximate surface area is 122 Å². The van der Waals surface area contributed by atoms with E-state index in [9.17, 15) is 0 Å². The lowest BCUT2D eigenvalue weighted by molar-refractivity contribution is 0.434. The van der Waals surface area contributed by atoms with E-state index in [1.54, 1.807) is 6.33 Å². The summed E-state index contributed by atoms with van der Waals surface area (Å²) in [5.74, 6) is 1.23. The number of likely N-dealkylation sites (N-methyl/N-ethyl adjacent to an activating group) is 1. The summed E-state index contributed by atoms with van der Waals surface area (Å²) in [7, 11) is 0. The number of rotatable bonds is 4. The van der Waals surface area contributed by atoms with Gasteiger partial charge in [-0.2, -0.15) is 0 Å². The molecule has 4 heteroatoms. The Balaban J connectivity index is 1.85. The first-order valence-electron chi connectivity index (χ1n) is 8.20. The van der Waals surface area contributed by atoms with E-state index in [1.807, 2.05) is 0 Å². The second kappa shape index (κ2) is 6.53. The maximum atomic E-state index is 4.66. The molecule has 1 saturated heterocycles. The number of anilines is 1. The molecular weight excluding hydrogens is 248 g/mol. The van der Waals surface area contributed by atoms with E-state index in [1.165, 1.54) is 49.2 Å². The van der Waals surface area contributed by atoms with E-state index in [-0.39, 0.29) is 0 Å². The molecular formula is C16H26N4. The standard InChI is InChI=1S/C16H26N4/c1-2-17-11-13-7-5-6-10-20(13)16-14-8-3-4-9-15(14)18-12-19-16/h12-13,17H,2-11H2,1H3. The van der Waals surface area contributed by atoms with Crippen molar-refractivity contribution in [3.05, 3.63) is 17.6 Å². The Morgan fingerprint density at radius 2 is 2.10 bits per heavy atom. The van der Waals surface area contributed by atoms with Gasteiger partial charge in [0.2, 0.25) is 0 Å². The molecule has 110 valence electrons. The van der Waals surface area contributed by atoms with Crippen LogP contribution in [0.15, 0.2) is 6.33 Å². The maximum absolute atomic E-state index is 4.66. The number of fused-ring (bicyclic) bond motifs is 1. The molecule has 2 heterocycles. The molecule has 1 atom stereocenters. The predicted octanol–water partition coefficient (Wildman–Crippen LogP) is 2.32. The van der Waals surface area contributed by atoms with E-state index >= 15 is 0 Å². The summed E-state index contributed by atoms with van der Waals surface area (Å²) in [6, 6.07) is 0.602. The van der Waals surface area contributed by atoms with E-state index in [2.05, 4.69) is 27.1 Å². The number of hydrogen-bond acceptors (Lipinski definition) is 4. The minimum atomic E-state index is 0.602. The molecule has 20 heavy (non-hydrogen) atoms. The van der Waals surface area contributed by atoms with Crippen LogP contribution in [0.3, 0.4) is 0 Å². The zero-order valence-electron chi connectivity index (χ0n) is 12.6. The molecule has 0 bridgehead atoms. The third-order valence-electron chi connectivity index (χ3n) is 4.63. The number of nitrogens with one attached hydrogen (secondary N) is 1. The molecule has 1 unspecified atom stereocenters. The zero-order valence-corrected chi connectivity index (χ0v) is 12.6. The molecule has 1 fully saturated rings. The Hall–Kier alpha value is -1.16. The van der Waals surface area contributed by atoms with Crippen LogP contribution in [0.4, 0.5) is 5.82 Å². The normalized spacial score (nSPS) is 22.6. The Bertz CT molecular complexity index is 446. The van der Waals surface area contributed by atoms with Crippen LogP contribution >= 0.6 is 0 Å². The van der Waals surface area contributed by atoms with Gasteiger partial charge in [-0.15, -0.1) is 0 Å². The zero-order chi connectivity index (χ0) is 13.8. The van der Waals surface area contributed by atoms with Crippen molar-refractivity contribution in [1.82, 2.24) is 15.3 Å². The van der Waals surface area contributed by atoms with Gasteiger partial charge in [-0.25, -0.2) is 9.97 Å². The third-order valence-corrected chi connectivity index (χ3v) is 4.63. The fourth-order valence-electron chi connectivity index (χ4n) is 3.55. The summed E-state index contributed by atoms with van der Waals surface area (Å²) in [6.45, 7) is 5.46. The fourth-order valence-corrected chi connectivity index (χ4v) is 3.55. The highest BCUT2D eigenvalue weighted by Crippen LogP contribution is 2.30. The van der Waals surface area contributed by atoms with E-state index in [0.717, 1.165) is 32.5 Å². The van der Waals surface area contributed by atoms with Crippen LogP contribution in [0.1, 0.15) is 50.3 Å². The number of aromatic nitrogens is 2. The summed E-state index contributed by atoms with van der Waals surface area (Å²) >= 11 is 0. The van der Waals surface area contributed by atoms with Gasteiger partial charge in [0.25, 0.3) is 0 Å². The van der Waals surface area contributed by atoms with E-state index in [0.29, 0.717) is 6.04 Å². The van der Waals surface area contributed by atoms with Crippen LogP contribution in [-0.4, -0.2) is 35.6 Å². The van der Waals surface area contributed by atoms with Gasteiger partial charge in [0.05, 0.1) is 0 Å². The predicted molar refractivity (Wildman–Crippen MR) is 82.2 cm³/mol. The summed E-state index contributed by atoms with van der Waals surface area (Å²) < 4.78 is 0. The monoisotopic (exact) mass is 274 g/mol. The Morgan fingerprint density at radius 1 is 1.20 bits per heavy atom. The van der Waals surface area contributed by atoms with Gasteiger partial charge in [-0.05, 0) is 51.5 Å². The van der Waals surface area contributed by atoms with Crippen LogP contribution in [-0.2, 0) is 12.8 Å². The Morgan fingerprint density at radius 3 is 3.00 bits per heavy atom. The molecule has 1 aromatic rings. The lowest BCUT2D eigenvalue weighted by Crippen LogP contribution is -2.46. The SMILES string of the molecule is CCNCC1CCCCN1c1ncnc2c1CCCC2. The molecule has 0 aromatic carbocycles. The van der Waals surface area contributed by atoms with Crippen molar-refractivity contribution in [2.45, 2.75) is 57.9 Å². The molecule has 1 aliphatic heterocycles. The van der Waals surface area contributed by atoms with Crippen molar-refractivity contribution < 1.29 is 0 Å². The average molecular weight is 274 g/mol. The van der Waals surface area contributed by atoms with Crippen molar-refractivity contribution in [1.29, 1.82) is 0 Å². The van der Waals surface area contributed by atoms with Gasteiger partial charge in [0.1, 0.15) is 12.1 Å². The second-order valence-electron chi connectivity index (χ2n) is 5.98. The molecule has 3 rings (SSSR count). The molecule has 0 amide bonds. The number of nitrogens with zero attached hydrogens (tertiary/aromatic N) is 3. The lowest BCUT2D eigenvalue weighted by Gasteiger charge is -2.38. The summed E-state index contributed by atoms with van der Waals surface area (Å²) in [5.41, 5.74) is 2.73. The van der Waals surface area contributed by atoms with Crippen molar-refractivity contribution in [3.8, 4) is 0 Å². The number of aryl methyl sites for hydroxylation is 1. The first-order chi connectivity index (χ1) is 9.90. The van der Waals surface area contributed by atoms with Gasteiger partial charge in [0, 0.05) is 30.4 Å². The third kappa shape index (κ3) is 2.80. The van der Waals surface area contributed by atoms with Crippen LogP contribution in [0, 0.1) is 0 Å². The Kier molecular flexibility index (Phi) is 4.51. The summed E-state index contributed by atoms with van der Waals surface area (Å²) in [6.07, 6.45) is 10.6. The first kappa shape index (κ1) is 13.8. The van der Waals surface area contributed by atoms with Gasteiger partial charge in [-0.1, -0.05) is 6.92 Å². The van der Waals surface area contributed by atoms with Crippen LogP contribution in [0.25, 0.3) is 0 Å². The topological polar surface area (TPSA) is 41.0 Å². The highest BCUT2D eigenvalue weighted by Gasteiger charge is 2.27. The van der Waals surface area contributed by atoms with Crippen molar-refractivity contribution in [2.24, 2.45) is 0 Å². The van der Waals surface area contributed by atoms with Gasteiger partial charge < -0.3 is 10.2 Å². The lowest BCUT2D eigenvalue weighted by atomic mass is 9.94. The molecule has 0 radical (unpaired) electrons. The molecule has 2 aliphatic rings. The number of piperidine rings is 1. The smallest absolute Gasteiger partial charge is 0.135 e. The van der Waals surface area contributed by atoms with Gasteiger partial charge >= 0.3 is 0 Å². The van der Waals surface area contributed by atoms with E-state index < -0.39 is 0 Å². The van der Waals surface area contributed by atoms with E-state index in [4.69, 9.17) is 0 Å². The van der Waals surface area contributed by atoms with Crippen LogP contribution in [0.2, 0.25) is 0 Å². The molecule has 1 aromatic heterocycles. The highest BCUT2D eigenvalue weighted by atomic mass is 15.2. The van der Waals surface area contributed by atoms with Gasteiger partial charge in [0.15, 0.2) is 0 Å². The molecule has 1 aliphatic carbocycles. The summed E-state index contributed by atoms with van der Waals surface area (Å²) in [4.78, 5) is 11.7. The maximum Gasteiger partial charge on any atom is 0.135 e. The van der Waals surface area contributed by atoms with Crippen molar-refractivity contribution in [2.75, 3.05) is 24.5 Å². The number of hydrogen-bond donors (Lipinski definition) is 1. The van der Waals surface area contributed by atoms with Crippen molar-refractivity contribution >= 4 is 5.82 Å². The largest absolute Gasteiger partial charge is 0.352 e.